The molecule has 0 spiro atoms. The van der Waals surface area contributed by atoms with E-state index >= 15 is 0 Å². The smallest absolute Gasteiger partial charge is 0.422 e. The number of amides is 1. The quantitative estimate of drug-likeness (QED) is 0.752. The van der Waals surface area contributed by atoms with Crippen LogP contribution in [-0.2, 0) is 14.9 Å². The molecule has 0 bridgehead atoms. The van der Waals surface area contributed by atoms with Crippen molar-refractivity contribution in [2.45, 2.75) is 20.0 Å². The number of nitrogens with one attached hydrogen (secondary N) is 1. The summed E-state index contributed by atoms with van der Waals surface area (Å²) in [6.07, 6.45) is -1.28. The molecule has 0 unspecified atom stereocenters. The van der Waals surface area contributed by atoms with Gasteiger partial charge in [-0.05, 0) is 20.9 Å². The van der Waals surface area contributed by atoms with Gasteiger partial charge in [0.15, 0.2) is 0 Å². The van der Waals surface area contributed by atoms with Crippen molar-refractivity contribution in [3.8, 4) is 0 Å². The number of ether oxygens (including phenoxy) is 1. The summed E-state index contributed by atoms with van der Waals surface area (Å²) in [4.78, 5) is 13.3. The van der Waals surface area contributed by atoms with Crippen LogP contribution in [0.1, 0.15) is 13.8 Å². The van der Waals surface area contributed by atoms with Crippen LogP contribution in [0.4, 0.5) is 4.79 Å². The van der Waals surface area contributed by atoms with E-state index in [1.54, 1.807) is 13.8 Å². The molecule has 1 amide bonds. The fourth-order valence-corrected chi connectivity index (χ4v) is 2.47. The van der Waals surface area contributed by atoms with Crippen LogP contribution < -0.4 is 4.72 Å². The average molecular weight is 265 g/mol. The molecule has 0 radical (unpaired) electrons. The van der Waals surface area contributed by atoms with Crippen molar-refractivity contribution in [2.75, 3.05) is 33.2 Å². The molecule has 0 aromatic heterocycles. The van der Waals surface area contributed by atoms with E-state index in [9.17, 15) is 13.2 Å². The van der Waals surface area contributed by atoms with Gasteiger partial charge in [0.25, 0.3) is 0 Å². The van der Waals surface area contributed by atoms with E-state index in [1.165, 1.54) is 4.31 Å². The minimum atomic E-state index is -3.77. The van der Waals surface area contributed by atoms with E-state index in [2.05, 4.69) is 0 Å². The standard InChI is InChI=1S/C9H19N3O4S/c1-8(2)16-9(13)10-17(14,15)12-6-4-11(3)5-7-12/h8H,4-7H2,1-3H3,(H,10,13). The van der Waals surface area contributed by atoms with Crippen molar-refractivity contribution >= 4 is 16.3 Å². The molecular formula is C9H19N3O4S. The minimum Gasteiger partial charge on any atom is -0.446 e. The Morgan fingerprint density at radius 3 is 2.24 bits per heavy atom. The summed E-state index contributed by atoms with van der Waals surface area (Å²) in [5, 5.41) is 0. The van der Waals surface area contributed by atoms with Crippen LogP contribution in [0, 0.1) is 0 Å². The van der Waals surface area contributed by atoms with Gasteiger partial charge in [0, 0.05) is 26.2 Å². The molecular weight excluding hydrogens is 246 g/mol. The summed E-state index contributed by atoms with van der Waals surface area (Å²) in [6.45, 7) is 5.37. The maximum atomic E-state index is 11.8. The predicted molar refractivity (Wildman–Crippen MR) is 62.7 cm³/mol. The Morgan fingerprint density at radius 2 is 1.76 bits per heavy atom. The zero-order valence-electron chi connectivity index (χ0n) is 10.3. The predicted octanol–water partition coefficient (Wildman–Crippen LogP) is -0.387. The molecule has 1 aliphatic rings. The second kappa shape index (κ2) is 5.65. The molecule has 0 aromatic rings. The zero-order valence-corrected chi connectivity index (χ0v) is 11.2. The first kappa shape index (κ1) is 14.2. The van der Waals surface area contributed by atoms with E-state index in [-0.39, 0.29) is 6.10 Å². The Labute approximate surface area is 102 Å². The second-order valence-electron chi connectivity index (χ2n) is 4.26. The van der Waals surface area contributed by atoms with Gasteiger partial charge in [0.2, 0.25) is 0 Å². The number of carbonyl (C=O) groups is 1. The highest BCUT2D eigenvalue weighted by Crippen LogP contribution is 2.04. The average Bonchev–Trinajstić information content (AvgIpc) is 2.15. The Balaban J connectivity index is 2.54. The third kappa shape index (κ3) is 4.49. The molecule has 1 aliphatic heterocycles. The van der Waals surface area contributed by atoms with Crippen molar-refractivity contribution in [3.05, 3.63) is 0 Å². The van der Waals surface area contributed by atoms with Gasteiger partial charge in [-0.25, -0.2) is 9.52 Å². The number of likely N-dealkylation sites (N-methyl/N-ethyl adjacent to an activating group) is 1. The highest BCUT2D eigenvalue weighted by molar-refractivity contribution is 7.87. The number of rotatable bonds is 3. The lowest BCUT2D eigenvalue weighted by molar-refractivity contribution is 0.120. The van der Waals surface area contributed by atoms with Crippen LogP contribution in [0.25, 0.3) is 0 Å². The van der Waals surface area contributed by atoms with E-state index < -0.39 is 16.3 Å². The highest BCUT2D eigenvalue weighted by atomic mass is 32.2. The molecule has 7 nitrogen and oxygen atoms in total. The monoisotopic (exact) mass is 265 g/mol. The third-order valence-electron chi connectivity index (χ3n) is 2.36. The van der Waals surface area contributed by atoms with E-state index in [0.717, 1.165) is 0 Å². The first-order valence-corrected chi connectivity index (χ1v) is 6.92. The van der Waals surface area contributed by atoms with Crippen LogP contribution in [0.3, 0.4) is 0 Å². The molecule has 1 N–H and O–H groups in total. The minimum absolute atomic E-state index is 0.349. The van der Waals surface area contributed by atoms with Crippen LogP contribution in [0.5, 0.6) is 0 Å². The van der Waals surface area contributed by atoms with Crippen molar-refractivity contribution in [1.82, 2.24) is 13.9 Å². The number of piperazine rings is 1. The first-order chi connectivity index (χ1) is 7.81. The fourth-order valence-electron chi connectivity index (χ4n) is 1.44. The van der Waals surface area contributed by atoms with Crippen molar-refractivity contribution < 1.29 is 17.9 Å². The van der Waals surface area contributed by atoms with Crippen LogP contribution in [-0.4, -0.2) is 63.0 Å². The number of hydrogen-bond donors (Lipinski definition) is 1. The molecule has 1 heterocycles. The van der Waals surface area contributed by atoms with Crippen molar-refractivity contribution in [2.24, 2.45) is 0 Å². The molecule has 8 heteroatoms. The first-order valence-electron chi connectivity index (χ1n) is 5.48. The summed E-state index contributed by atoms with van der Waals surface area (Å²) >= 11 is 0. The van der Waals surface area contributed by atoms with Gasteiger partial charge in [-0.1, -0.05) is 0 Å². The SMILES string of the molecule is CC(C)OC(=O)NS(=O)(=O)N1CCN(C)CC1. The third-order valence-corrected chi connectivity index (χ3v) is 3.83. The second-order valence-corrected chi connectivity index (χ2v) is 5.93. The molecule has 0 saturated carbocycles. The number of carbonyl (C=O) groups excluding carboxylic acids is 1. The zero-order chi connectivity index (χ0) is 13.1. The molecule has 0 aliphatic carbocycles. The molecule has 0 atom stereocenters. The molecule has 1 fully saturated rings. The highest BCUT2D eigenvalue weighted by Gasteiger charge is 2.27. The van der Waals surface area contributed by atoms with Gasteiger partial charge in [-0.2, -0.15) is 12.7 Å². The van der Waals surface area contributed by atoms with Crippen LogP contribution >= 0.6 is 0 Å². The van der Waals surface area contributed by atoms with E-state index in [4.69, 9.17) is 4.74 Å². The molecule has 100 valence electrons. The lowest BCUT2D eigenvalue weighted by Gasteiger charge is -2.31. The largest absolute Gasteiger partial charge is 0.446 e. The maximum absolute atomic E-state index is 11.8. The maximum Gasteiger partial charge on any atom is 0.422 e. The van der Waals surface area contributed by atoms with Crippen LogP contribution in [0.15, 0.2) is 0 Å². The lowest BCUT2D eigenvalue weighted by Crippen LogP contribution is -2.52. The Morgan fingerprint density at radius 1 is 1.24 bits per heavy atom. The summed E-state index contributed by atoms with van der Waals surface area (Å²) in [7, 11) is -1.85. The summed E-state index contributed by atoms with van der Waals surface area (Å²) in [5.41, 5.74) is 0. The van der Waals surface area contributed by atoms with Gasteiger partial charge < -0.3 is 9.64 Å². The molecule has 17 heavy (non-hydrogen) atoms. The normalized spacial score (nSPS) is 19.3. The Hall–Kier alpha value is -0.860. The van der Waals surface area contributed by atoms with Gasteiger partial charge in [0.1, 0.15) is 0 Å². The van der Waals surface area contributed by atoms with Gasteiger partial charge in [0.05, 0.1) is 6.10 Å². The lowest BCUT2D eigenvalue weighted by atomic mass is 10.4. The number of hydrogen-bond acceptors (Lipinski definition) is 5. The summed E-state index contributed by atoms with van der Waals surface area (Å²) in [6, 6.07) is 0. The Bertz CT molecular complexity index is 360. The van der Waals surface area contributed by atoms with Gasteiger partial charge in [-0.3, -0.25) is 0 Å². The van der Waals surface area contributed by atoms with Gasteiger partial charge in [-0.15, -0.1) is 0 Å². The summed E-state index contributed by atoms with van der Waals surface area (Å²) in [5.74, 6) is 0. The summed E-state index contributed by atoms with van der Waals surface area (Å²) < 4.78 is 31.4. The van der Waals surface area contributed by atoms with E-state index in [1.807, 2.05) is 16.7 Å². The molecule has 0 aromatic carbocycles. The van der Waals surface area contributed by atoms with Crippen molar-refractivity contribution in [1.29, 1.82) is 0 Å². The number of nitrogens with zero attached hydrogens (tertiary/aromatic N) is 2. The van der Waals surface area contributed by atoms with Gasteiger partial charge >= 0.3 is 16.3 Å². The molecule has 1 saturated heterocycles. The fraction of sp³-hybridized carbons (Fsp3) is 0.889. The van der Waals surface area contributed by atoms with E-state index in [0.29, 0.717) is 26.2 Å². The molecule has 1 rings (SSSR count). The van der Waals surface area contributed by atoms with Crippen molar-refractivity contribution in [3.63, 3.8) is 0 Å². The topological polar surface area (TPSA) is 78.9 Å². The van der Waals surface area contributed by atoms with Crippen LogP contribution in [0.2, 0.25) is 0 Å². The Kier molecular flexibility index (Phi) is 4.72.